The number of aromatic carboxylic acids is 1. The number of carboxylic acids is 1. The molecular formula is C12H16N2O3. The molecule has 0 saturated carbocycles. The van der Waals surface area contributed by atoms with Gasteiger partial charge in [-0.05, 0) is 25.8 Å². The van der Waals surface area contributed by atoms with Crippen molar-refractivity contribution in [1.29, 1.82) is 0 Å². The van der Waals surface area contributed by atoms with Crippen LogP contribution in [0.15, 0.2) is 18.5 Å². The molecule has 0 aromatic carbocycles. The summed E-state index contributed by atoms with van der Waals surface area (Å²) in [5.74, 6) is -0.967. The van der Waals surface area contributed by atoms with E-state index in [9.17, 15) is 9.90 Å². The standard InChI is InChI=1S/C12H16N2O3/c1-12(17)3-6-14(7-4-12)10-2-5-13-8-9(10)11(15)16/h2,5,8,17H,3-4,6-7H2,1H3,(H,15,16). The summed E-state index contributed by atoms with van der Waals surface area (Å²) in [6, 6.07) is 1.71. The highest BCUT2D eigenvalue weighted by atomic mass is 16.4. The molecule has 2 heterocycles. The summed E-state index contributed by atoms with van der Waals surface area (Å²) in [6.07, 6.45) is 4.25. The molecule has 0 bridgehead atoms. The van der Waals surface area contributed by atoms with Crippen LogP contribution in [0.4, 0.5) is 5.69 Å². The van der Waals surface area contributed by atoms with E-state index in [0.29, 0.717) is 31.6 Å². The van der Waals surface area contributed by atoms with Gasteiger partial charge in [0.25, 0.3) is 0 Å². The Labute approximate surface area is 99.7 Å². The second-order valence-electron chi connectivity index (χ2n) is 4.68. The van der Waals surface area contributed by atoms with Crippen LogP contribution in [-0.2, 0) is 0 Å². The summed E-state index contributed by atoms with van der Waals surface area (Å²) in [6.45, 7) is 3.14. The molecule has 1 aliphatic heterocycles. The number of aromatic nitrogens is 1. The molecule has 0 amide bonds. The number of carboxylic acid groups (broad SMARTS) is 1. The third kappa shape index (κ3) is 2.55. The van der Waals surface area contributed by atoms with Gasteiger partial charge in [0.15, 0.2) is 0 Å². The quantitative estimate of drug-likeness (QED) is 0.805. The van der Waals surface area contributed by atoms with E-state index in [4.69, 9.17) is 5.11 Å². The number of rotatable bonds is 2. The van der Waals surface area contributed by atoms with Crippen LogP contribution in [0.1, 0.15) is 30.1 Å². The van der Waals surface area contributed by atoms with Crippen molar-refractivity contribution in [3.63, 3.8) is 0 Å². The van der Waals surface area contributed by atoms with Crippen LogP contribution in [-0.4, -0.2) is 39.9 Å². The maximum absolute atomic E-state index is 11.1. The van der Waals surface area contributed by atoms with Crippen LogP contribution >= 0.6 is 0 Å². The number of pyridine rings is 1. The van der Waals surface area contributed by atoms with Gasteiger partial charge in [-0.2, -0.15) is 0 Å². The van der Waals surface area contributed by atoms with Gasteiger partial charge < -0.3 is 15.1 Å². The molecule has 17 heavy (non-hydrogen) atoms. The average molecular weight is 236 g/mol. The average Bonchev–Trinajstić information content (AvgIpc) is 2.29. The van der Waals surface area contributed by atoms with E-state index in [0.717, 1.165) is 0 Å². The van der Waals surface area contributed by atoms with Gasteiger partial charge in [-0.1, -0.05) is 0 Å². The third-order valence-electron chi connectivity index (χ3n) is 3.21. The van der Waals surface area contributed by atoms with E-state index in [2.05, 4.69) is 4.98 Å². The molecule has 0 atom stereocenters. The first-order valence-electron chi connectivity index (χ1n) is 5.64. The van der Waals surface area contributed by atoms with Crippen molar-refractivity contribution in [1.82, 2.24) is 4.98 Å². The molecule has 2 N–H and O–H groups in total. The molecule has 5 nitrogen and oxygen atoms in total. The number of nitrogens with zero attached hydrogens (tertiary/aromatic N) is 2. The minimum atomic E-state index is -0.967. The van der Waals surface area contributed by atoms with Crippen molar-refractivity contribution in [2.75, 3.05) is 18.0 Å². The lowest BCUT2D eigenvalue weighted by atomic mass is 9.93. The van der Waals surface area contributed by atoms with E-state index >= 15 is 0 Å². The fourth-order valence-electron chi connectivity index (χ4n) is 2.06. The van der Waals surface area contributed by atoms with E-state index in [-0.39, 0.29) is 5.56 Å². The van der Waals surface area contributed by atoms with Crippen molar-refractivity contribution in [2.24, 2.45) is 0 Å². The maximum Gasteiger partial charge on any atom is 0.339 e. The topological polar surface area (TPSA) is 73.7 Å². The van der Waals surface area contributed by atoms with Crippen LogP contribution in [0.3, 0.4) is 0 Å². The van der Waals surface area contributed by atoms with Crippen LogP contribution in [0.2, 0.25) is 0 Å². The molecule has 1 fully saturated rings. The minimum absolute atomic E-state index is 0.217. The Morgan fingerprint density at radius 1 is 1.47 bits per heavy atom. The first kappa shape index (κ1) is 11.9. The van der Waals surface area contributed by atoms with Gasteiger partial charge in [-0.15, -0.1) is 0 Å². The summed E-state index contributed by atoms with van der Waals surface area (Å²) < 4.78 is 0. The summed E-state index contributed by atoms with van der Waals surface area (Å²) >= 11 is 0. The zero-order valence-corrected chi connectivity index (χ0v) is 9.76. The zero-order valence-electron chi connectivity index (χ0n) is 9.76. The number of aliphatic hydroxyl groups is 1. The fraction of sp³-hybridized carbons (Fsp3) is 0.500. The van der Waals surface area contributed by atoms with Gasteiger partial charge in [-0.3, -0.25) is 4.98 Å². The Bertz CT molecular complexity index is 422. The predicted octanol–water partition coefficient (Wildman–Crippen LogP) is 1.13. The molecule has 0 radical (unpaired) electrons. The van der Waals surface area contributed by atoms with Crippen LogP contribution in [0.5, 0.6) is 0 Å². The van der Waals surface area contributed by atoms with Gasteiger partial charge in [0, 0.05) is 25.5 Å². The zero-order chi connectivity index (χ0) is 12.5. The van der Waals surface area contributed by atoms with E-state index < -0.39 is 11.6 Å². The van der Waals surface area contributed by atoms with Gasteiger partial charge in [0.05, 0.1) is 11.3 Å². The van der Waals surface area contributed by atoms with Crippen molar-refractivity contribution in [3.8, 4) is 0 Å². The Morgan fingerprint density at radius 2 is 2.12 bits per heavy atom. The summed E-state index contributed by atoms with van der Waals surface area (Å²) in [5, 5.41) is 18.9. The Hall–Kier alpha value is -1.62. The number of hydrogen-bond donors (Lipinski definition) is 2. The van der Waals surface area contributed by atoms with Gasteiger partial charge >= 0.3 is 5.97 Å². The maximum atomic E-state index is 11.1. The molecular weight excluding hydrogens is 220 g/mol. The van der Waals surface area contributed by atoms with Crippen molar-refractivity contribution < 1.29 is 15.0 Å². The lowest BCUT2D eigenvalue weighted by molar-refractivity contribution is 0.0351. The van der Waals surface area contributed by atoms with E-state index in [1.807, 2.05) is 11.8 Å². The molecule has 92 valence electrons. The Morgan fingerprint density at radius 3 is 2.71 bits per heavy atom. The lowest BCUT2D eigenvalue weighted by Crippen LogP contribution is -2.43. The predicted molar refractivity (Wildman–Crippen MR) is 63.3 cm³/mol. The molecule has 0 spiro atoms. The fourth-order valence-corrected chi connectivity index (χ4v) is 2.06. The number of carbonyl (C=O) groups is 1. The second kappa shape index (κ2) is 4.33. The molecule has 1 aromatic heterocycles. The van der Waals surface area contributed by atoms with Crippen molar-refractivity contribution in [2.45, 2.75) is 25.4 Å². The van der Waals surface area contributed by atoms with Gasteiger partial charge in [0.2, 0.25) is 0 Å². The smallest absolute Gasteiger partial charge is 0.339 e. The highest BCUT2D eigenvalue weighted by molar-refractivity contribution is 5.94. The summed E-state index contributed by atoms with van der Waals surface area (Å²) in [5.41, 5.74) is 0.268. The monoisotopic (exact) mass is 236 g/mol. The third-order valence-corrected chi connectivity index (χ3v) is 3.21. The van der Waals surface area contributed by atoms with Crippen LogP contribution < -0.4 is 4.90 Å². The van der Waals surface area contributed by atoms with Crippen LogP contribution in [0.25, 0.3) is 0 Å². The Kier molecular flexibility index (Phi) is 3.02. The normalized spacial score (nSPS) is 19.1. The van der Waals surface area contributed by atoms with E-state index in [1.165, 1.54) is 6.20 Å². The molecule has 5 heteroatoms. The van der Waals surface area contributed by atoms with Crippen molar-refractivity contribution in [3.05, 3.63) is 24.0 Å². The minimum Gasteiger partial charge on any atom is -0.478 e. The van der Waals surface area contributed by atoms with Crippen LogP contribution in [0, 0.1) is 0 Å². The molecule has 1 aromatic rings. The molecule has 0 aliphatic carbocycles. The largest absolute Gasteiger partial charge is 0.478 e. The van der Waals surface area contributed by atoms with E-state index in [1.54, 1.807) is 12.3 Å². The van der Waals surface area contributed by atoms with Gasteiger partial charge in [-0.25, -0.2) is 4.79 Å². The second-order valence-corrected chi connectivity index (χ2v) is 4.68. The molecule has 2 rings (SSSR count). The lowest BCUT2D eigenvalue weighted by Gasteiger charge is -2.37. The SMILES string of the molecule is CC1(O)CCN(c2ccncc2C(=O)O)CC1. The first-order valence-corrected chi connectivity index (χ1v) is 5.64. The molecule has 0 unspecified atom stereocenters. The number of hydrogen-bond acceptors (Lipinski definition) is 4. The van der Waals surface area contributed by atoms with Gasteiger partial charge in [0.1, 0.15) is 5.56 Å². The molecule has 1 saturated heterocycles. The summed E-state index contributed by atoms with van der Waals surface area (Å²) in [7, 11) is 0. The van der Waals surface area contributed by atoms with Crippen molar-refractivity contribution >= 4 is 11.7 Å². The highest BCUT2D eigenvalue weighted by Crippen LogP contribution is 2.27. The highest BCUT2D eigenvalue weighted by Gasteiger charge is 2.28. The number of piperidine rings is 1. The Balaban J connectivity index is 2.21. The molecule has 1 aliphatic rings. The number of anilines is 1. The summed E-state index contributed by atoms with van der Waals surface area (Å²) in [4.78, 5) is 16.9. The first-order chi connectivity index (χ1) is 7.99.